The molecule has 7 nitrogen and oxygen atoms in total. The highest BCUT2D eigenvalue weighted by molar-refractivity contribution is 8.01. The number of halogens is 1. The van der Waals surface area contributed by atoms with E-state index < -0.39 is 5.91 Å². The second-order valence-electron chi connectivity index (χ2n) is 6.69. The number of carbonyl (C=O) groups excluding carboxylic acids is 2. The SMILES string of the molecule is NC(=O)Cc1csc(SCC(=O)NCC2CN(Cc3ccc(F)cc3)CCO2)n1. The molecular formula is C19H23FN4O3S2. The van der Waals surface area contributed by atoms with Gasteiger partial charge in [0.2, 0.25) is 11.8 Å². The fourth-order valence-electron chi connectivity index (χ4n) is 2.92. The molecule has 3 rings (SSSR count). The highest BCUT2D eigenvalue weighted by Crippen LogP contribution is 2.22. The highest BCUT2D eigenvalue weighted by atomic mass is 32.2. The van der Waals surface area contributed by atoms with E-state index in [0.717, 1.165) is 23.0 Å². The first-order chi connectivity index (χ1) is 14.0. The summed E-state index contributed by atoms with van der Waals surface area (Å²) in [6.45, 7) is 3.26. The lowest BCUT2D eigenvalue weighted by Gasteiger charge is -2.33. The van der Waals surface area contributed by atoms with Crippen molar-refractivity contribution in [1.82, 2.24) is 15.2 Å². The number of nitrogens with zero attached hydrogens (tertiary/aromatic N) is 2. The van der Waals surface area contributed by atoms with E-state index in [-0.39, 0.29) is 30.0 Å². The van der Waals surface area contributed by atoms with E-state index >= 15 is 0 Å². The van der Waals surface area contributed by atoms with Gasteiger partial charge in [-0.05, 0) is 17.7 Å². The van der Waals surface area contributed by atoms with Crippen molar-refractivity contribution in [2.24, 2.45) is 5.73 Å². The van der Waals surface area contributed by atoms with Gasteiger partial charge in [0, 0.05) is 31.6 Å². The molecule has 1 aromatic carbocycles. The van der Waals surface area contributed by atoms with Crippen LogP contribution in [0, 0.1) is 5.82 Å². The normalized spacial score (nSPS) is 17.2. The number of primary amides is 1. The third-order valence-electron chi connectivity index (χ3n) is 4.28. The molecule has 1 unspecified atom stereocenters. The van der Waals surface area contributed by atoms with Crippen LogP contribution in [0.15, 0.2) is 34.0 Å². The number of nitrogens with two attached hydrogens (primary N) is 1. The van der Waals surface area contributed by atoms with Crippen molar-refractivity contribution in [1.29, 1.82) is 0 Å². The van der Waals surface area contributed by atoms with Crippen LogP contribution < -0.4 is 11.1 Å². The molecular weight excluding hydrogens is 415 g/mol. The van der Waals surface area contributed by atoms with E-state index in [1.165, 1.54) is 35.2 Å². The van der Waals surface area contributed by atoms with Crippen LogP contribution >= 0.6 is 23.1 Å². The predicted molar refractivity (Wildman–Crippen MR) is 110 cm³/mol. The summed E-state index contributed by atoms with van der Waals surface area (Å²) in [6.07, 6.45) is 0.0247. The molecule has 0 saturated carbocycles. The van der Waals surface area contributed by atoms with Gasteiger partial charge in [-0.25, -0.2) is 9.37 Å². The van der Waals surface area contributed by atoms with Crippen molar-refractivity contribution in [3.05, 3.63) is 46.7 Å². The predicted octanol–water partition coefficient (Wildman–Crippen LogP) is 1.42. The average molecular weight is 439 g/mol. The van der Waals surface area contributed by atoms with Crippen molar-refractivity contribution in [2.75, 3.05) is 32.0 Å². The molecule has 1 fully saturated rings. The Balaban J connectivity index is 1.37. The topological polar surface area (TPSA) is 97.5 Å². The van der Waals surface area contributed by atoms with Gasteiger partial charge in [-0.1, -0.05) is 23.9 Å². The molecule has 10 heteroatoms. The fourth-order valence-corrected chi connectivity index (χ4v) is 4.59. The Morgan fingerprint density at radius 2 is 2.17 bits per heavy atom. The second-order valence-corrected chi connectivity index (χ2v) is 8.78. The molecule has 0 bridgehead atoms. The number of hydrogen-bond acceptors (Lipinski definition) is 7. The molecule has 156 valence electrons. The van der Waals surface area contributed by atoms with Gasteiger partial charge >= 0.3 is 0 Å². The summed E-state index contributed by atoms with van der Waals surface area (Å²) in [5.74, 6) is -0.516. The molecule has 29 heavy (non-hydrogen) atoms. The molecule has 0 radical (unpaired) electrons. The molecule has 3 N–H and O–H groups in total. The zero-order valence-electron chi connectivity index (χ0n) is 15.8. The molecule has 1 aliphatic rings. The third kappa shape index (κ3) is 7.39. The maximum Gasteiger partial charge on any atom is 0.230 e. The maximum absolute atomic E-state index is 13.0. The van der Waals surface area contributed by atoms with E-state index in [0.29, 0.717) is 25.4 Å². The molecule has 1 saturated heterocycles. The maximum atomic E-state index is 13.0. The van der Waals surface area contributed by atoms with Crippen LogP contribution in [0.3, 0.4) is 0 Å². The van der Waals surface area contributed by atoms with Gasteiger partial charge in [-0.2, -0.15) is 0 Å². The number of nitrogens with one attached hydrogen (secondary N) is 1. The Morgan fingerprint density at radius 3 is 2.93 bits per heavy atom. The van der Waals surface area contributed by atoms with Crippen molar-refractivity contribution >= 4 is 34.9 Å². The summed E-state index contributed by atoms with van der Waals surface area (Å²) in [4.78, 5) is 29.5. The van der Waals surface area contributed by atoms with Crippen molar-refractivity contribution in [2.45, 2.75) is 23.4 Å². The number of aromatic nitrogens is 1. The Hall–Kier alpha value is -2.01. The molecule has 0 spiro atoms. The van der Waals surface area contributed by atoms with Crippen LogP contribution in [0.1, 0.15) is 11.3 Å². The second kappa shape index (κ2) is 10.7. The van der Waals surface area contributed by atoms with E-state index in [4.69, 9.17) is 10.5 Å². The number of ether oxygens (including phenoxy) is 1. The Morgan fingerprint density at radius 1 is 1.38 bits per heavy atom. The molecule has 2 heterocycles. The number of benzene rings is 1. The quantitative estimate of drug-likeness (QED) is 0.575. The van der Waals surface area contributed by atoms with Crippen molar-refractivity contribution in [3.8, 4) is 0 Å². The minimum Gasteiger partial charge on any atom is -0.374 e. The smallest absolute Gasteiger partial charge is 0.230 e. The van der Waals surface area contributed by atoms with Crippen LogP contribution in [-0.2, 0) is 27.3 Å². The Labute approximate surface area is 176 Å². The van der Waals surface area contributed by atoms with Crippen LogP contribution in [0.5, 0.6) is 0 Å². The standard InChI is InChI=1S/C19H23FN4O3S2/c20-14-3-1-13(2-4-14)9-24-5-6-27-16(10-24)8-22-18(26)12-29-19-23-15(11-28-19)7-17(21)25/h1-4,11,16H,5-10,12H2,(H2,21,25)(H,22,26). The third-order valence-corrected chi connectivity index (χ3v) is 6.35. The Kier molecular flexibility index (Phi) is 7.99. The molecule has 1 atom stereocenters. The van der Waals surface area contributed by atoms with E-state index in [9.17, 15) is 14.0 Å². The van der Waals surface area contributed by atoms with E-state index in [1.54, 1.807) is 17.5 Å². The zero-order valence-corrected chi connectivity index (χ0v) is 17.4. The number of amides is 2. The summed E-state index contributed by atoms with van der Waals surface area (Å²) < 4.78 is 19.5. The molecule has 0 aliphatic carbocycles. The van der Waals surface area contributed by atoms with Gasteiger partial charge in [0.1, 0.15) is 5.82 Å². The summed E-state index contributed by atoms with van der Waals surface area (Å²) in [5.41, 5.74) is 6.82. The van der Waals surface area contributed by atoms with Crippen molar-refractivity contribution in [3.63, 3.8) is 0 Å². The number of thiazole rings is 1. The number of thioether (sulfide) groups is 1. The first kappa shape index (κ1) is 21.7. The number of carbonyl (C=O) groups is 2. The van der Waals surface area contributed by atoms with Crippen molar-refractivity contribution < 1.29 is 18.7 Å². The van der Waals surface area contributed by atoms with Gasteiger partial charge in [0.05, 0.1) is 30.6 Å². The molecule has 2 amide bonds. The Bertz CT molecular complexity index is 831. The molecule has 2 aromatic rings. The summed E-state index contributed by atoms with van der Waals surface area (Å²) in [6, 6.07) is 6.49. The number of hydrogen-bond donors (Lipinski definition) is 2. The summed E-state index contributed by atoms with van der Waals surface area (Å²) >= 11 is 2.72. The summed E-state index contributed by atoms with van der Waals surface area (Å²) in [7, 11) is 0. The van der Waals surface area contributed by atoms with E-state index in [2.05, 4.69) is 15.2 Å². The lowest BCUT2D eigenvalue weighted by atomic mass is 10.2. The first-order valence-corrected chi connectivity index (χ1v) is 11.0. The zero-order chi connectivity index (χ0) is 20.6. The summed E-state index contributed by atoms with van der Waals surface area (Å²) in [5, 5.41) is 4.67. The van der Waals surface area contributed by atoms with Gasteiger partial charge in [0.25, 0.3) is 0 Å². The first-order valence-electron chi connectivity index (χ1n) is 9.18. The average Bonchev–Trinajstić information content (AvgIpc) is 3.13. The van der Waals surface area contributed by atoms with Gasteiger partial charge in [-0.15, -0.1) is 11.3 Å². The van der Waals surface area contributed by atoms with Crippen LogP contribution in [0.25, 0.3) is 0 Å². The number of morpholine rings is 1. The van der Waals surface area contributed by atoms with E-state index in [1.807, 2.05) is 0 Å². The number of rotatable bonds is 9. The highest BCUT2D eigenvalue weighted by Gasteiger charge is 2.21. The van der Waals surface area contributed by atoms with Crippen LogP contribution in [-0.4, -0.2) is 59.8 Å². The molecule has 1 aliphatic heterocycles. The van der Waals surface area contributed by atoms with Gasteiger partial charge < -0.3 is 15.8 Å². The van der Waals surface area contributed by atoms with Crippen LogP contribution in [0.2, 0.25) is 0 Å². The lowest BCUT2D eigenvalue weighted by Crippen LogP contribution is -2.47. The minimum absolute atomic E-state index is 0.0832. The van der Waals surface area contributed by atoms with Gasteiger partial charge in [0.15, 0.2) is 4.34 Å². The lowest BCUT2D eigenvalue weighted by molar-refractivity contribution is -0.120. The largest absolute Gasteiger partial charge is 0.374 e. The van der Waals surface area contributed by atoms with Crippen LogP contribution in [0.4, 0.5) is 4.39 Å². The van der Waals surface area contributed by atoms with Gasteiger partial charge in [-0.3, -0.25) is 14.5 Å². The minimum atomic E-state index is -0.425. The molecule has 1 aromatic heterocycles. The fraction of sp³-hybridized carbons (Fsp3) is 0.421. The monoisotopic (exact) mass is 438 g/mol.